The fraction of sp³-hybridized carbons (Fsp3) is 0.286. The molecule has 0 aliphatic carbocycles. The number of aliphatic carboxylic acids is 1. The molecule has 1 saturated heterocycles. The third-order valence-electron chi connectivity index (χ3n) is 5.47. The summed E-state index contributed by atoms with van der Waals surface area (Å²) in [5.41, 5.74) is 3.03. The van der Waals surface area contributed by atoms with Gasteiger partial charge < -0.3 is 15.3 Å². The van der Waals surface area contributed by atoms with Crippen molar-refractivity contribution in [3.05, 3.63) is 64.2 Å². The fourth-order valence-corrected chi connectivity index (χ4v) is 4.09. The van der Waals surface area contributed by atoms with Crippen LogP contribution in [0.3, 0.4) is 0 Å². The molecular weight excluding hydrogens is 380 g/mol. The number of carbonyl (C=O) groups is 3. The summed E-state index contributed by atoms with van der Waals surface area (Å²) in [4.78, 5) is 37.9. The molecule has 0 unspecified atom stereocenters. The summed E-state index contributed by atoms with van der Waals surface area (Å²) in [6.07, 6.45) is 0.988. The minimum Gasteiger partial charge on any atom is -0.481 e. The molecule has 2 amide bonds. The number of aryl methyl sites for hydroxylation is 1. The summed E-state index contributed by atoms with van der Waals surface area (Å²) >= 11 is 5.94. The largest absolute Gasteiger partial charge is 0.481 e. The highest BCUT2D eigenvalue weighted by molar-refractivity contribution is 6.30. The van der Waals surface area contributed by atoms with Crippen LogP contribution >= 0.6 is 11.6 Å². The Hall–Kier alpha value is -2.86. The van der Waals surface area contributed by atoms with Crippen molar-refractivity contribution in [2.45, 2.75) is 18.8 Å². The van der Waals surface area contributed by atoms with Gasteiger partial charge in [-0.2, -0.15) is 0 Å². The van der Waals surface area contributed by atoms with E-state index >= 15 is 0 Å². The number of anilines is 1. The lowest BCUT2D eigenvalue weighted by Gasteiger charge is -2.20. The van der Waals surface area contributed by atoms with Crippen molar-refractivity contribution < 1.29 is 19.5 Å². The van der Waals surface area contributed by atoms with E-state index in [-0.39, 0.29) is 24.3 Å². The van der Waals surface area contributed by atoms with Crippen molar-refractivity contribution in [1.29, 1.82) is 0 Å². The summed E-state index contributed by atoms with van der Waals surface area (Å²) in [5, 5.41) is 13.0. The molecule has 0 saturated carbocycles. The zero-order chi connectivity index (χ0) is 19.8. The minimum absolute atomic E-state index is 0.0266. The number of hydrogen-bond acceptors (Lipinski definition) is 3. The number of carboxylic acids is 1. The number of halogens is 1. The SMILES string of the molecule is O=C1CCc2cc(C(=O)N3C[C@@H](C(=O)O)[C@H](c4ccc(Cl)cc4)C3)ccc2N1. The van der Waals surface area contributed by atoms with E-state index in [4.69, 9.17) is 11.6 Å². The third kappa shape index (κ3) is 3.47. The first-order chi connectivity index (χ1) is 13.4. The summed E-state index contributed by atoms with van der Waals surface area (Å²) < 4.78 is 0. The highest BCUT2D eigenvalue weighted by Crippen LogP contribution is 2.34. The number of nitrogens with one attached hydrogen (secondary N) is 1. The Morgan fingerprint density at radius 1 is 1.07 bits per heavy atom. The average Bonchev–Trinajstić information content (AvgIpc) is 3.13. The second kappa shape index (κ2) is 7.28. The van der Waals surface area contributed by atoms with Crippen LogP contribution in [0.5, 0.6) is 0 Å². The van der Waals surface area contributed by atoms with E-state index < -0.39 is 11.9 Å². The molecule has 2 aliphatic rings. The van der Waals surface area contributed by atoms with Gasteiger partial charge in [-0.1, -0.05) is 23.7 Å². The van der Waals surface area contributed by atoms with Crippen LogP contribution in [-0.2, 0) is 16.0 Å². The van der Waals surface area contributed by atoms with Gasteiger partial charge in [-0.05, 0) is 47.9 Å². The third-order valence-corrected chi connectivity index (χ3v) is 5.72. The number of amides is 2. The van der Waals surface area contributed by atoms with Gasteiger partial charge in [-0.25, -0.2) is 0 Å². The van der Waals surface area contributed by atoms with E-state index in [1.54, 1.807) is 35.2 Å². The van der Waals surface area contributed by atoms with Gasteiger partial charge in [0, 0.05) is 41.7 Å². The van der Waals surface area contributed by atoms with Gasteiger partial charge in [0.1, 0.15) is 0 Å². The van der Waals surface area contributed by atoms with Crippen LogP contribution in [0.1, 0.15) is 33.8 Å². The van der Waals surface area contributed by atoms with E-state index in [1.165, 1.54) is 0 Å². The van der Waals surface area contributed by atoms with Crippen LogP contribution in [0, 0.1) is 5.92 Å². The van der Waals surface area contributed by atoms with Crippen LogP contribution < -0.4 is 5.32 Å². The molecule has 6 nitrogen and oxygen atoms in total. The van der Waals surface area contributed by atoms with Gasteiger partial charge in [0.05, 0.1) is 5.92 Å². The van der Waals surface area contributed by atoms with Crippen LogP contribution in [-0.4, -0.2) is 40.9 Å². The number of fused-ring (bicyclic) bond motifs is 1. The van der Waals surface area contributed by atoms with Crippen LogP contribution in [0.15, 0.2) is 42.5 Å². The summed E-state index contributed by atoms with van der Waals surface area (Å²) in [6, 6.07) is 12.3. The number of carbonyl (C=O) groups excluding carboxylic acids is 2. The molecule has 144 valence electrons. The molecule has 0 spiro atoms. The zero-order valence-electron chi connectivity index (χ0n) is 15.0. The first-order valence-corrected chi connectivity index (χ1v) is 9.50. The Bertz CT molecular complexity index is 957. The summed E-state index contributed by atoms with van der Waals surface area (Å²) in [7, 11) is 0. The van der Waals surface area contributed by atoms with Crippen molar-refractivity contribution >= 4 is 35.1 Å². The molecule has 2 aromatic rings. The van der Waals surface area contributed by atoms with Gasteiger partial charge in [0.2, 0.25) is 5.91 Å². The molecule has 7 heteroatoms. The normalized spacial score (nSPS) is 21.2. The monoisotopic (exact) mass is 398 g/mol. The van der Waals surface area contributed by atoms with Gasteiger partial charge >= 0.3 is 5.97 Å². The van der Waals surface area contributed by atoms with E-state index in [2.05, 4.69) is 5.32 Å². The molecule has 2 heterocycles. The van der Waals surface area contributed by atoms with Crippen LogP contribution in [0.25, 0.3) is 0 Å². The topological polar surface area (TPSA) is 86.7 Å². The lowest BCUT2D eigenvalue weighted by molar-refractivity contribution is -0.141. The van der Waals surface area contributed by atoms with Crippen molar-refractivity contribution in [1.82, 2.24) is 4.90 Å². The number of carboxylic acid groups (broad SMARTS) is 1. The predicted molar refractivity (Wildman–Crippen MR) is 105 cm³/mol. The molecular formula is C21H19ClN2O4. The number of benzene rings is 2. The Morgan fingerprint density at radius 2 is 1.82 bits per heavy atom. The molecule has 0 bridgehead atoms. The van der Waals surface area contributed by atoms with Crippen molar-refractivity contribution in [2.24, 2.45) is 5.92 Å². The molecule has 2 aromatic carbocycles. The summed E-state index contributed by atoms with van der Waals surface area (Å²) in [5.74, 6) is -2.08. The van der Waals surface area contributed by atoms with E-state index in [0.29, 0.717) is 30.0 Å². The Morgan fingerprint density at radius 3 is 2.54 bits per heavy atom. The Labute approximate surface area is 167 Å². The molecule has 0 aromatic heterocycles. The molecule has 0 radical (unpaired) electrons. The maximum Gasteiger partial charge on any atom is 0.308 e. The number of rotatable bonds is 3. The Balaban J connectivity index is 1.57. The van der Waals surface area contributed by atoms with E-state index in [1.807, 2.05) is 12.1 Å². The first-order valence-electron chi connectivity index (χ1n) is 9.12. The second-order valence-electron chi connectivity index (χ2n) is 7.23. The minimum atomic E-state index is -0.914. The lowest BCUT2D eigenvalue weighted by Crippen LogP contribution is -2.30. The lowest BCUT2D eigenvalue weighted by atomic mass is 9.89. The maximum atomic E-state index is 13.0. The number of nitrogens with zero attached hydrogens (tertiary/aromatic N) is 1. The average molecular weight is 399 g/mol. The highest BCUT2D eigenvalue weighted by Gasteiger charge is 2.40. The van der Waals surface area contributed by atoms with Crippen molar-refractivity contribution in [3.63, 3.8) is 0 Å². The number of likely N-dealkylation sites (tertiary alicyclic amines) is 1. The number of hydrogen-bond donors (Lipinski definition) is 2. The quantitative estimate of drug-likeness (QED) is 0.831. The van der Waals surface area contributed by atoms with Gasteiger partial charge in [-0.15, -0.1) is 0 Å². The molecule has 2 N–H and O–H groups in total. The van der Waals surface area contributed by atoms with Crippen molar-refractivity contribution in [2.75, 3.05) is 18.4 Å². The second-order valence-corrected chi connectivity index (χ2v) is 7.67. The van der Waals surface area contributed by atoms with Crippen molar-refractivity contribution in [3.8, 4) is 0 Å². The smallest absolute Gasteiger partial charge is 0.308 e. The Kier molecular flexibility index (Phi) is 4.81. The maximum absolute atomic E-state index is 13.0. The summed E-state index contributed by atoms with van der Waals surface area (Å²) in [6.45, 7) is 0.501. The molecule has 4 rings (SSSR count). The molecule has 28 heavy (non-hydrogen) atoms. The van der Waals surface area contributed by atoms with Gasteiger partial charge in [0.15, 0.2) is 0 Å². The van der Waals surface area contributed by atoms with E-state index in [9.17, 15) is 19.5 Å². The zero-order valence-corrected chi connectivity index (χ0v) is 15.8. The van der Waals surface area contributed by atoms with Gasteiger partial charge in [0.25, 0.3) is 5.91 Å². The van der Waals surface area contributed by atoms with Crippen LogP contribution in [0.2, 0.25) is 5.02 Å². The molecule has 2 atom stereocenters. The standard InChI is InChI=1S/C21H19ClN2O4/c22-15-5-1-12(2-6-15)16-10-24(11-17(16)21(27)28)20(26)14-3-7-18-13(9-14)4-8-19(25)23-18/h1-3,5-7,9,16-17H,4,8,10-11H2,(H,23,25)(H,27,28)/t16-,17+/m0/s1. The highest BCUT2D eigenvalue weighted by atomic mass is 35.5. The predicted octanol–water partition coefficient (Wildman–Crippen LogP) is 3.17. The molecule has 2 aliphatic heterocycles. The van der Waals surface area contributed by atoms with E-state index in [0.717, 1.165) is 16.8 Å². The fourth-order valence-electron chi connectivity index (χ4n) is 3.97. The first kappa shape index (κ1) is 18.5. The van der Waals surface area contributed by atoms with Gasteiger partial charge in [-0.3, -0.25) is 14.4 Å². The van der Waals surface area contributed by atoms with Crippen LogP contribution in [0.4, 0.5) is 5.69 Å². The molecule has 1 fully saturated rings.